The van der Waals surface area contributed by atoms with Crippen LogP contribution in [0.2, 0.25) is 0 Å². The second-order valence-corrected chi connectivity index (χ2v) is 15.0. The zero-order valence-corrected chi connectivity index (χ0v) is 33.8. The molecule has 7 nitrogen and oxygen atoms in total. The van der Waals surface area contributed by atoms with Crippen LogP contribution in [0.5, 0.6) is 0 Å². The van der Waals surface area contributed by atoms with Crippen LogP contribution < -0.4 is 21.7 Å². The summed E-state index contributed by atoms with van der Waals surface area (Å²) in [7, 11) is 2.12. The number of aliphatic imine (C=N–C) groups is 1. The molecule has 7 heteroatoms. The highest BCUT2D eigenvalue weighted by atomic mass is 15.1. The number of anilines is 2. The van der Waals surface area contributed by atoms with Crippen LogP contribution in [-0.2, 0) is 6.42 Å². The normalized spacial score (nSPS) is 16.7. The van der Waals surface area contributed by atoms with Gasteiger partial charge in [-0.1, -0.05) is 100 Å². The number of rotatable bonds is 13. The van der Waals surface area contributed by atoms with Gasteiger partial charge >= 0.3 is 0 Å². The second-order valence-electron chi connectivity index (χ2n) is 15.0. The summed E-state index contributed by atoms with van der Waals surface area (Å²) >= 11 is 0. The summed E-state index contributed by atoms with van der Waals surface area (Å²) in [5.41, 5.74) is 23.5. The Kier molecular flexibility index (Phi) is 18.3. The Hall–Kier alpha value is -4.49. The van der Waals surface area contributed by atoms with Crippen molar-refractivity contribution in [2.75, 3.05) is 37.3 Å². The standard InChI is InChI=1S/C31H48N6.C8H13N.C7H8/c1-23(2)36(5)30-24(3)12-11-14-26(30)13-9-7-6-8-10-17-37-18-15-28(16-19-37)34-22-27(21-32)29-20-25(4)35-31(29)33;1-6-4-5-7(2)9-8(6)3;1-7-5-3-2-4-6-7/h11-12,14,20-22,28,35H,1,6-10,13,15-19,32-33H2,2-5H3;6,9H,2-5H2,1H3;2-6H,1H3/b27-21+,34-22?;;. The first kappa shape index (κ1) is 42.9. The molecule has 288 valence electrons. The molecule has 3 heterocycles. The third-order valence-corrected chi connectivity index (χ3v) is 10.4. The molecule has 0 radical (unpaired) electrons. The number of hydrogen-bond acceptors (Lipinski definition) is 6. The Morgan fingerprint density at radius 3 is 2.21 bits per heavy atom. The first-order chi connectivity index (χ1) is 25.4. The smallest absolute Gasteiger partial charge is 0.108 e. The molecule has 0 bridgehead atoms. The van der Waals surface area contributed by atoms with Crippen molar-refractivity contribution < 1.29 is 0 Å². The number of aromatic amines is 1. The Bertz CT molecular complexity index is 1640. The molecule has 0 saturated carbocycles. The van der Waals surface area contributed by atoms with E-state index >= 15 is 0 Å². The fraction of sp³-hybridized carbons (Fsp3) is 0.457. The molecule has 5 rings (SSSR count). The van der Waals surface area contributed by atoms with E-state index < -0.39 is 0 Å². The number of para-hydroxylation sites is 1. The molecule has 0 amide bonds. The number of nitrogens with one attached hydrogen (secondary N) is 2. The molecule has 2 saturated heterocycles. The molecule has 2 aliphatic rings. The van der Waals surface area contributed by atoms with E-state index in [0.717, 1.165) is 72.7 Å². The van der Waals surface area contributed by atoms with E-state index in [1.54, 1.807) is 6.20 Å². The molecule has 2 aliphatic heterocycles. The number of nitrogen functional groups attached to an aromatic ring is 1. The van der Waals surface area contributed by atoms with Gasteiger partial charge in [0.1, 0.15) is 5.82 Å². The number of nitrogens with two attached hydrogens (primary N) is 2. The summed E-state index contributed by atoms with van der Waals surface area (Å²) in [5.74, 6) is 1.27. The van der Waals surface area contributed by atoms with Crippen LogP contribution in [0.1, 0.15) is 99.6 Å². The van der Waals surface area contributed by atoms with Crippen LogP contribution in [-0.4, -0.2) is 48.8 Å². The highest BCUT2D eigenvalue weighted by molar-refractivity contribution is 6.11. The maximum atomic E-state index is 6.06. The molecule has 1 aromatic heterocycles. The van der Waals surface area contributed by atoms with Crippen LogP contribution in [0.4, 0.5) is 11.5 Å². The van der Waals surface area contributed by atoms with Crippen molar-refractivity contribution in [1.29, 1.82) is 0 Å². The third kappa shape index (κ3) is 14.8. The first-order valence-corrected chi connectivity index (χ1v) is 19.6. The second kappa shape index (κ2) is 22.5. The molecule has 1 unspecified atom stereocenters. The van der Waals surface area contributed by atoms with E-state index in [9.17, 15) is 0 Å². The van der Waals surface area contributed by atoms with Gasteiger partial charge in [0.2, 0.25) is 0 Å². The van der Waals surface area contributed by atoms with Gasteiger partial charge in [-0.25, -0.2) is 0 Å². The molecular formula is C46H69N7. The van der Waals surface area contributed by atoms with Crippen molar-refractivity contribution in [1.82, 2.24) is 15.2 Å². The lowest BCUT2D eigenvalue weighted by molar-refractivity contribution is 0.210. The molecule has 6 N–H and O–H groups in total. The predicted molar refractivity (Wildman–Crippen MR) is 232 cm³/mol. The van der Waals surface area contributed by atoms with Gasteiger partial charge in [-0.3, -0.25) is 4.99 Å². The average Bonchev–Trinajstić information content (AvgIpc) is 3.48. The minimum Gasteiger partial charge on any atom is -0.404 e. The number of unbranched alkanes of at least 4 members (excludes halogenated alkanes) is 4. The maximum Gasteiger partial charge on any atom is 0.108 e. The summed E-state index contributed by atoms with van der Waals surface area (Å²) in [6.45, 7) is 25.8. The predicted octanol–water partition coefficient (Wildman–Crippen LogP) is 10.2. The molecule has 0 aliphatic carbocycles. The fourth-order valence-electron chi connectivity index (χ4n) is 6.81. The molecule has 3 aromatic rings. The highest BCUT2D eigenvalue weighted by Gasteiger charge is 2.18. The summed E-state index contributed by atoms with van der Waals surface area (Å²) < 4.78 is 0. The SMILES string of the molecule is C=C(C)N(C)c1c(C)cccc1CCCCCCCN1CCC(N=C/C(=C\N)c2cc(C)[nH]c2N)CC1.C=C1CCC(C)C(=C)N1.Cc1ccccc1. The van der Waals surface area contributed by atoms with E-state index in [1.807, 2.05) is 37.4 Å². The number of nitrogens with zero attached hydrogens (tertiary/aromatic N) is 3. The molecular weight excluding hydrogens is 651 g/mol. The van der Waals surface area contributed by atoms with Gasteiger partial charge in [-0.15, -0.1) is 0 Å². The van der Waals surface area contributed by atoms with E-state index in [0.29, 0.717) is 17.8 Å². The van der Waals surface area contributed by atoms with E-state index in [-0.39, 0.29) is 0 Å². The van der Waals surface area contributed by atoms with E-state index in [2.05, 4.69) is 105 Å². The molecule has 0 spiro atoms. The first-order valence-electron chi connectivity index (χ1n) is 19.6. The van der Waals surface area contributed by atoms with Crippen LogP contribution in [0.15, 0.2) is 103 Å². The van der Waals surface area contributed by atoms with Crippen LogP contribution in [0, 0.1) is 26.7 Å². The lowest BCUT2D eigenvalue weighted by atomic mass is 9.97. The molecule has 1 atom stereocenters. The maximum absolute atomic E-state index is 6.06. The number of aryl methyl sites for hydroxylation is 4. The summed E-state index contributed by atoms with van der Waals surface area (Å²) in [5, 5.41) is 3.14. The van der Waals surface area contributed by atoms with Gasteiger partial charge in [0, 0.05) is 72.2 Å². The lowest BCUT2D eigenvalue weighted by Crippen LogP contribution is -2.35. The Morgan fingerprint density at radius 1 is 0.962 bits per heavy atom. The minimum atomic E-state index is 0.364. The van der Waals surface area contributed by atoms with Crippen molar-refractivity contribution in [3.63, 3.8) is 0 Å². The van der Waals surface area contributed by atoms with E-state index in [4.69, 9.17) is 16.5 Å². The van der Waals surface area contributed by atoms with Gasteiger partial charge in [-0.05, 0) is 102 Å². The molecule has 2 aromatic carbocycles. The minimum absolute atomic E-state index is 0.364. The van der Waals surface area contributed by atoms with Crippen molar-refractivity contribution in [3.8, 4) is 0 Å². The van der Waals surface area contributed by atoms with Crippen molar-refractivity contribution in [2.24, 2.45) is 16.6 Å². The number of piperidine rings is 2. The number of likely N-dealkylation sites (tertiary alicyclic amines) is 1. The molecule has 53 heavy (non-hydrogen) atoms. The average molecular weight is 720 g/mol. The third-order valence-electron chi connectivity index (χ3n) is 10.4. The van der Waals surface area contributed by atoms with Gasteiger partial charge < -0.3 is 31.6 Å². The van der Waals surface area contributed by atoms with Gasteiger partial charge in [-0.2, -0.15) is 0 Å². The summed E-state index contributed by atoms with van der Waals surface area (Å²) in [4.78, 5) is 12.8. The fourth-order valence-corrected chi connectivity index (χ4v) is 6.81. The van der Waals surface area contributed by atoms with Crippen molar-refractivity contribution in [2.45, 2.75) is 105 Å². The van der Waals surface area contributed by atoms with Crippen molar-refractivity contribution in [3.05, 3.63) is 126 Å². The number of H-pyrrole nitrogens is 1. The Labute approximate surface area is 322 Å². The quantitative estimate of drug-likeness (QED) is 0.104. The van der Waals surface area contributed by atoms with Gasteiger partial charge in [0.05, 0.1) is 6.04 Å². The zero-order chi connectivity index (χ0) is 38.8. The number of allylic oxidation sites excluding steroid dienone is 4. The number of benzene rings is 2. The van der Waals surface area contributed by atoms with E-state index in [1.165, 1.54) is 67.4 Å². The van der Waals surface area contributed by atoms with Gasteiger partial charge in [0.25, 0.3) is 0 Å². The topological polar surface area (TPSA) is 98.7 Å². The van der Waals surface area contributed by atoms with Crippen molar-refractivity contribution >= 4 is 23.3 Å². The molecule has 2 fully saturated rings. The van der Waals surface area contributed by atoms with Crippen LogP contribution >= 0.6 is 0 Å². The number of aromatic nitrogens is 1. The highest BCUT2D eigenvalue weighted by Crippen LogP contribution is 2.28. The van der Waals surface area contributed by atoms with Crippen LogP contribution in [0.25, 0.3) is 5.57 Å². The monoisotopic (exact) mass is 720 g/mol. The summed E-state index contributed by atoms with van der Waals surface area (Å²) in [6, 6.07) is 19.3. The largest absolute Gasteiger partial charge is 0.404 e. The lowest BCUT2D eigenvalue weighted by Gasteiger charge is -2.30. The number of hydrogen-bond donors (Lipinski definition) is 4. The zero-order valence-electron chi connectivity index (χ0n) is 33.8. The summed E-state index contributed by atoms with van der Waals surface area (Å²) in [6.07, 6.45) is 15.6. The van der Waals surface area contributed by atoms with Gasteiger partial charge in [0.15, 0.2) is 0 Å². The Morgan fingerprint density at radius 2 is 1.64 bits per heavy atom. The Balaban J connectivity index is 0.000000384. The van der Waals surface area contributed by atoms with Crippen LogP contribution in [0.3, 0.4) is 0 Å².